The predicted molar refractivity (Wildman–Crippen MR) is 72.0 cm³/mol. The van der Waals surface area contributed by atoms with Gasteiger partial charge < -0.3 is 4.74 Å². The highest BCUT2D eigenvalue weighted by Gasteiger charge is 2.12. The van der Waals surface area contributed by atoms with Crippen LogP contribution in [0.25, 0.3) is 16.5 Å². The first kappa shape index (κ1) is 12.9. The SMILES string of the molecule is COC(=O)/C(=C/C1=Cc2ccccc2CC1)N=[N+]=[N-]. The second-order valence-corrected chi connectivity index (χ2v) is 4.13. The molecule has 1 aromatic carbocycles. The minimum atomic E-state index is -0.627. The molecule has 0 saturated carbocycles. The van der Waals surface area contributed by atoms with Crippen molar-refractivity contribution in [2.75, 3.05) is 7.11 Å². The normalized spacial score (nSPS) is 13.9. The van der Waals surface area contributed by atoms with Gasteiger partial charge in [-0.05, 0) is 41.1 Å². The summed E-state index contributed by atoms with van der Waals surface area (Å²) in [6.07, 6.45) is 5.29. The molecule has 0 aromatic heterocycles. The molecule has 1 aliphatic rings. The van der Waals surface area contributed by atoms with Crippen molar-refractivity contribution in [2.45, 2.75) is 12.8 Å². The van der Waals surface area contributed by atoms with Gasteiger partial charge in [-0.25, -0.2) is 4.79 Å². The Morgan fingerprint density at radius 3 is 2.95 bits per heavy atom. The lowest BCUT2D eigenvalue weighted by atomic mass is 9.92. The molecule has 0 bridgehead atoms. The number of ether oxygens (including phenoxy) is 1. The summed E-state index contributed by atoms with van der Waals surface area (Å²) in [7, 11) is 1.26. The lowest BCUT2D eigenvalue weighted by molar-refractivity contribution is -0.136. The van der Waals surface area contributed by atoms with E-state index < -0.39 is 5.97 Å². The summed E-state index contributed by atoms with van der Waals surface area (Å²) >= 11 is 0. The van der Waals surface area contributed by atoms with Crippen molar-refractivity contribution in [2.24, 2.45) is 5.11 Å². The van der Waals surface area contributed by atoms with Crippen molar-refractivity contribution < 1.29 is 9.53 Å². The van der Waals surface area contributed by atoms with E-state index in [1.54, 1.807) is 6.08 Å². The van der Waals surface area contributed by atoms with E-state index >= 15 is 0 Å². The number of nitrogens with zero attached hydrogens (tertiary/aromatic N) is 3. The highest BCUT2D eigenvalue weighted by Crippen LogP contribution is 2.25. The maximum absolute atomic E-state index is 11.4. The first-order valence-electron chi connectivity index (χ1n) is 5.88. The van der Waals surface area contributed by atoms with Crippen LogP contribution in [0.1, 0.15) is 17.5 Å². The second kappa shape index (κ2) is 5.89. The van der Waals surface area contributed by atoms with Crippen molar-refractivity contribution in [3.63, 3.8) is 0 Å². The van der Waals surface area contributed by atoms with Crippen LogP contribution in [-0.2, 0) is 16.0 Å². The minimum absolute atomic E-state index is 0.0179. The maximum atomic E-state index is 11.4. The number of fused-ring (bicyclic) bond motifs is 1. The molecule has 5 nitrogen and oxygen atoms in total. The molecule has 0 unspecified atom stereocenters. The smallest absolute Gasteiger partial charge is 0.340 e. The summed E-state index contributed by atoms with van der Waals surface area (Å²) in [6.45, 7) is 0. The number of benzene rings is 1. The number of hydrogen-bond donors (Lipinski definition) is 0. The molecule has 0 saturated heterocycles. The van der Waals surface area contributed by atoms with Gasteiger partial charge >= 0.3 is 5.97 Å². The fourth-order valence-corrected chi connectivity index (χ4v) is 2.02. The van der Waals surface area contributed by atoms with Crippen molar-refractivity contribution in [1.29, 1.82) is 0 Å². The average Bonchev–Trinajstić information content (AvgIpc) is 2.46. The number of methoxy groups -OCH3 is 1. The summed E-state index contributed by atoms with van der Waals surface area (Å²) in [4.78, 5) is 14.1. The number of azide groups is 1. The third-order valence-corrected chi connectivity index (χ3v) is 2.95. The van der Waals surface area contributed by atoms with Crippen LogP contribution in [0.3, 0.4) is 0 Å². The van der Waals surface area contributed by atoms with E-state index in [1.807, 2.05) is 24.3 Å². The van der Waals surface area contributed by atoms with Gasteiger partial charge in [0, 0.05) is 4.91 Å². The zero-order valence-corrected chi connectivity index (χ0v) is 10.5. The minimum Gasteiger partial charge on any atom is -0.466 e. The van der Waals surface area contributed by atoms with Crippen LogP contribution in [0.15, 0.2) is 46.7 Å². The molecule has 0 spiro atoms. The monoisotopic (exact) mass is 255 g/mol. The quantitative estimate of drug-likeness (QED) is 0.273. The van der Waals surface area contributed by atoms with E-state index in [1.165, 1.54) is 12.7 Å². The number of esters is 1. The predicted octanol–water partition coefficient (Wildman–Crippen LogP) is 3.38. The van der Waals surface area contributed by atoms with E-state index in [0.29, 0.717) is 0 Å². The Kier molecular flexibility index (Phi) is 4.00. The Balaban J connectivity index is 2.35. The number of carbonyl (C=O) groups is 1. The third-order valence-electron chi connectivity index (χ3n) is 2.95. The van der Waals surface area contributed by atoms with Gasteiger partial charge in [-0.3, -0.25) is 0 Å². The molecule has 0 amide bonds. The topological polar surface area (TPSA) is 75.1 Å². The van der Waals surface area contributed by atoms with Gasteiger partial charge in [0.2, 0.25) is 0 Å². The number of aryl methyl sites for hydroxylation is 1. The van der Waals surface area contributed by atoms with Gasteiger partial charge in [-0.2, -0.15) is 0 Å². The molecule has 1 aliphatic carbocycles. The van der Waals surface area contributed by atoms with Gasteiger partial charge in [0.15, 0.2) is 0 Å². The fraction of sp³-hybridized carbons (Fsp3) is 0.214. The highest BCUT2D eigenvalue weighted by atomic mass is 16.5. The lowest BCUT2D eigenvalue weighted by Crippen LogP contribution is -2.04. The number of carbonyl (C=O) groups excluding carboxylic acids is 1. The number of hydrogen-bond acceptors (Lipinski definition) is 3. The average molecular weight is 255 g/mol. The molecule has 2 rings (SSSR count). The highest BCUT2D eigenvalue weighted by molar-refractivity contribution is 5.89. The van der Waals surface area contributed by atoms with Crippen LogP contribution in [-0.4, -0.2) is 13.1 Å². The second-order valence-electron chi connectivity index (χ2n) is 4.13. The van der Waals surface area contributed by atoms with E-state index in [0.717, 1.165) is 24.0 Å². The van der Waals surface area contributed by atoms with Crippen LogP contribution in [0.2, 0.25) is 0 Å². The molecular formula is C14H13N3O2. The molecular weight excluding hydrogens is 242 g/mol. The summed E-state index contributed by atoms with van der Waals surface area (Å²) in [6, 6.07) is 8.08. The first-order valence-corrected chi connectivity index (χ1v) is 5.88. The molecule has 0 radical (unpaired) electrons. The number of allylic oxidation sites excluding steroid dienone is 2. The Morgan fingerprint density at radius 2 is 2.21 bits per heavy atom. The molecule has 0 N–H and O–H groups in total. The standard InChI is InChI=1S/C14H13N3O2/c1-19-14(18)13(16-17-15)9-10-6-7-11-4-2-3-5-12(11)8-10/h2-5,8-9H,6-7H2,1H3/b13-9-. The molecule has 0 aliphatic heterocycles. The van der Waals surface area contributed by atoms with Crippen LogP contribution < -0.4 is 0 Å². The van der Waals surface area contributed by atoms with Gasteiger partial charge in [-0.1, -0.05) is 35.5 Å². The molecule has 0 fully saturated rings. The van der Waals surface area contributed by atoms with E-state index in [4.69, 9.17) is 5.53 Å². The molecule has 19 heavy (non-hydrogen) atoms. The van der Waals surface area contributed by atoms with Crippen LogP contribution in [0.4, 0.5) is 0 Å². The number of rotatable bonds is 3. The Bertz CT molecular complexity index is 611. The van der Waals surface area contributed by atoms with Crippen LogP contribution in [0.5, 0.6) is 0 Å². The summed E-state index contributed by atoms with van der Waals surface area (Å²) in [5.74, 6) is -0.627. The molecule has 96 valence electrons. The lowest BCUT2D eigenvalue weighted by Gasteiger charge is -2.14. The zero-order valence-electron chi connectivity index (χ0n) is 10.5. The zero-order chi connectivity index (χ0) is 13.7. The molecule has 5 heteroatoms. The first-order chi connectivity index (χ1) is 9.24. The molecule has 0 atom stereocenters. The maximum Gasteiger partial charge on any atom is 0.340 e. The molecule has 0 heterocycles. The van der Waals surface area contributed by atoms with Gasteiger partial charge in [0.1, 0.15) is 5.70 Å². The van der Waals surface area contributed by atoms with E-state index in [2.05, 4.69) is 20.8 Å². The summed E-state index contributed by atoms with van der Waals surface area (Å²) in [5.41, 5.74) is 11.8. The van der Waals surface area contributed by atoms with Crippen LogP contribution in [0, 0.1) is 0 Å². The fourth-order valence-electron chi connectivity index (χ4n) is 2.02. The van der Waals surface area contributed by atoms with Crippen molar-refractivity contribution >= 4 is 12.0 Å². The van der Waals surface area contributed by atoms with Gasteiger partial charge in [-0.15, -0.1) is 0 Å². The Hall–Kier alpha value is -2.52. The van der Waals surface area contributed by atoms with Crippen molar-refractivity contribution in [3.05, 3.63) is 63.2 Å². The Morgan fingerprint density at radius 1 is 1.42 bits per heavy atom. The van der Waals surface area contributed by atoms with Crippen molar-refractivity contribution in [1.82, 2.24) is 0 Å². The summed E-state index contributed by atoms with van der Waals surface area (Å²) in [5, 5.41) is 3.37. The van der Waals surface area contributed by atoms with E-state index in [-0.39, 0.29) is 5.70 Å². The van der Waals surface area contributed by atoms with Gasteiger partial charge in [0.05, 0.1) is 7.11 Å². The van der Waals surface area contributed by atoms with Gasteiger partial charge in [0.25, 0.3) is 0 Å². The third kappa shape index (κ3) is 3.03. The largest absolute Gasteiger partial charge is 0.466 e. The Labute approximate surface area is 110 Å². The van der Waals surface area contributed by atoms with E-state index in [9.17, 15) is 4.79 Å². The van der Waals surface area contributed by atoms with Crippen molar-refractivity contribution in [3.8, 4) is 0 Å². The molecule has 1 aromatic rings. The van der Waals surface area contributed by atoms with Crippen LogP contribution >= 0.6 is 0 Å². The summed E-state index contributed by atoms with van der Waals surface area (Å²) < 4.78 is 4.58.